The van der Waals surface area contributed by atoms with Crippen LogP contribution in [0.1, 0.15) is 29.9 Å². The molecule has 0 saturated carbocycles. The summed E-state index contributed by atoms with van der Waals surface area (Å²) >= 11 is 0. The molecule has 1 aromatic heterocycles. The Hall–Kier alpha value is -2.38. The van der Waals surface area contributed by atoms with Crippen LogP contribution in [0.25, 0.3) is 0 Å². The first-order valence-electron chi connectivity index (χ1n) is 7.74. The molecule has 144 valence electrons. The first-order valence-corrected chi connectivity index (χ1v) is 7.74. The quantitative estimate of drug-likeness (QED) is 0.299. The van der Waals surface area contributed by atoms with Crippen LogP contribution >= 0.6 is 0 Å². The smallest absolute Gasteiger partial charge is 0.330 e. The summed E-state index contributed by atoms with van der Waals surface area (Å²) in [6, 6.07) is -1.39. The Kier molecular flexibility index (Phi) is 6.05. The number of carbonyl (C=O) groups is 2. The van der Waals surface area contributed by atoms with Gasteiger partial charge in [0.2, 0.25) is 5.91 Å². The van der Waals surface area contributed by atoms with Crippen LogP contribution in [0.4, 0.5) is 0 Å². The highest BCUT2D eigenvalue weighted by atomic mass is 16.5. The zero-order chi connectivity index (χ0) is 19.6. The molecule has 2 heterocycles. The number of aromatic nitrogens is 2. The van der Waals surface area contributed by atoms with Crippen LogP contribution in [0.15, 0.2) is 15.8 Å². The van der Waals surface area contributed by atoms with Gasteiger partial charge in [-0.15, -0.1) is 0 Å². The Labute approximate surface area is 146 Å². The SMILES string of the molecule is C[C@@H](O)[C@@H](N)C(=O)NC(=O)c1cn([C@H]2C[C@H](O)[C@@H](CO)O2)c(=O)[nH]c1=O. The fourth-order valence-electron chi connectivity index (χ4n) is 2.39. The Morgan fingerprint density at radius 2 is 2.15 bits per heavy atom. The highest BCUT2D eigenvalue weighted by molar-refractivity contribution is 6.05. The molecule has 1 aromatic rings. The number of nitrogens with one attached hydrogen (secondary N) is 2. The number of hydrogen-bond acceptors (Lipinski definition) is 9. The third-order valence-electron chi connectivity index (χ3n) is 3.97. The number of rotatable bonds is 5. The third-order valence-corrected chi connectivity index (χ3v) is 3.97. The van der Waals surface area contributed by atoms with Crippen LogP contribution in [0.5, 0.6) is 0 Å². The van der Waals surface area contributed by atoms with Gasteiger partial charge < -0.3 is 25.8 Å². The van der Waals surface area contributed by atoms with Gasteiger partial charge in [-0.05, 0) is 6.92 Å². The molecule has 1 aliphatic rings. The third kappa shape index (κ3) is 4.05. The van der Waals surface area contributed by atoms with Crippen molar-refractivity contribution in [2.45, 2.75) is 43.9 Å². The van der Waals surface area contributed by atoms with Crippen molar-refractivity contribution in [1.29, 1.82) is 0 Å². The van der Waals surface area contributed by atoms with E-state index in [9.17, 15) is 29.4 Å². The van der Waals surface area contributed by atoms with Crippen molar-refractivity contribution in [1.82, 2.24) is 14.9 Å². The predicted molar refractivity (Wildman–Crippen MR) is 85.1 cm³/mol. The molecule has 0 spiro atoms. The first kappa shape index (κ1) is 19.9. The van der Waals surface area contributed by atoms with E-state index in [0.717, 1.165) is 10.8 Å². The molecule has 1 fully saturated rings. The second-order valence-electron chi connectivity index (χ2n) is 5.91. The van der Waals surface area contributed by atoms with Gasteiger partial charge in [0.15, 0.2) is 0 Å². The van der Waals surface area contributed by atoms with Gasteiger partial charge in [-0.25, -0.2) is 4.79 Å². The lowest BCUT2D eigenvalue weighted by Crippen LogP contribution is -2.50. The summed E-state index contributed by atoms with van der Waals surface area (Å²) in [5, 5.41) is 29.9. The van der Waals surface area contributed by atoms with Crippen molar-refractivity contribution in [3.8, 4) is 0 Å². The van der Waals surface area contributed by atoms with Gasteiger partial charge in [0, 0.05) is 12.6 Å². The van der Waals surface area contributed by atoms with Crippen molar-refractivity contribution in [2.75, 3.05) is 6.61 Å². The highest BCUT2D eigenvalue weighted by Crippen LogP contribution is 2.27. The van der Waals surface area contributed by atoms with Gasteiger partial charge in [0.05, 0.1) is 18.8 Å². The molecule has 0 aromatic carbocycles. The number of imide groups is 1. The Balaban J connectivity index is 2.28. The molecule has 0 unspecified atom stereocenters. The van der Waals surface area contributed by atoms with Gasteiger partial charge in [-0.1, -0.05) is 0 Å². The molecule has 0 radical (unpaired) electrons. The maximum absolute atomic E-state index is 12.1. The Morgan fingerprint density at radius 3 is 2.69 bits per heavy atom. The zero-order valence-corrected chi connectivity index (χ0v) is 13.8. The van der Waals surface area contributed by atoms with Crippen LogP contribution < -0.4 is 22.3 Å². The molecule has 0 aliphatic carbocycles. The van der Waals surface area contributed by atoms with Crippen LogP contribution in [0.3, 0.4) is 0 Å². The molecule has 12 heteroatoms. The Morgan fingerprint density at radius 1 is 1.50 bits per heavy atom. The van der Waals surface area contributed by atoms with E-state index < -0.39 is 65.8 Å². The molecule has 26 heavy (non-hydrogen) atoms. The molecule has 1 aliphatic heterocycles. The number of amides is 2. The second-order valence-corrected chi connectivity index (χ2v) is 5.91. The molecule has 2 rings (SSSR count). The van der Waals surface area contributed by atoms with Crippen LogP contribution in [-0.4, -0.2) is 67.6 Å². The summed E-state index contributed by atoms with van der Waals surface area (Å²) in [5.41, 5.74) is 2.89. The molecule has 2 amide bonds. The fraction of sp³-hybridized carbons (Fsp3) is 0.571. The number of aliphatic hydroxyl groups is 3. The minimum Gasteiger partial charge on any atom is -0.394 e. The molecule has 1 saturated heterocycles. The summed E-state index contributed by atoms with van der Waals surface area (Å²) in [6.45, 7) is 0.775. The van der Waals surface area contributed by atoms with Crippen LogP contribution in [0.2, 0.25) is 0 Å². The number of hydrogen-bond donors (Lipinski definition) is 6. The average Bonchev–Trinajstić information content (AvgIpc) is 2.94. The summed E-state index contributed by atoms with van der Waals surface area (Å²) < 4.78 is 6.17. The summed E-state index contributed by atoms with van der Waals surface area (Å²) in [5.74, 6) is -2.13. The largest absolute Gasteiger partial charge is 0.394 e. The van der Waals surface area contributed by atoms with Crippen molar-refractivity contribution in [3.63, 3.8) is 0 Å². The van der Waals surface area contributed by atoms with E-state index in [2.05, 4.69) is 0 Å². The number of H-pyrrole nitrogens is 1. The molecule has 5 atom stereocenters. The topological polar surface area (TPSA) is 197 Å². The van der Waals surface area contributed by atoms with E-state index in [0.29, 0.717) is 0 Å². The average molecular weight is 372 g/mol. The van der Waals surface area contributed by atoms with Crippen LogP contribution in [-0.2, 0) is 9.53 Å². The lowest BCUT2D eigenvalue weighted by molar-refractivity contribution is -0.123. The lowest BCUT2D eigenvalue weighted by atomic mass is 10.2. The van der Waals surface area contributed by atoms with E-state index in [1.807, 2.05) is 10.3 Å². The van der Waals surface area contributed by atoms with Gasteiger partial charge >= 0.3 is 5.69 Å². The number of ether oxygens (including phenoxy) is 1. The number of aliphatic hydroxyl groups excluding tert-OH is 3. The summed E-state index contributed by atoms with van der Waals surface area (Å²) in [4.78, 5) is 49.6. The van der Waals surface area contributed by atoms with Crippen molar-refractivity contribution >= 4 is 11.8 Å². The molecule has 7 N–H and O–H groups in total. The van der Waals surface area contributed by atoms with E-state index in [1.54, 1.807) is 0 Å². The highest BCUT2D eigenvalue weighted by Gasteiger charge is 2.35. The normalized spacial score (nSPS) is 24.9. The van der Waals surface area contributed by atoms with E-state index in [1.165, 1.54) is 6.92 Å². The van der Waals surface area contributed by atoms with Gasteiger partial charge in [0.25, 0.3) is 11.5 Å². The number of carbonyl (C=O) groups excluding carboxylic acids is 2. The number of nitrogens with zero attached hydrogens (tertiary/aromatic N) is 1. The maximum atomic E-state index is 12.1. The summed E-state index contributed by atoms with van der Waals surface area (Å²) in [7, 11) is 0. The molecular formula is C14H20N4O8. The van der Waals surface area contributed by atoms with Gasteiger partial charge in [-0.2, -0.15) is 0 Å². The van der Waals surface area contributed by atoms with E-state index >= 15 is 0 Å². The van der Waals surface area contributed by atoms with E-state index in [-0.39, 0.29) is 6.42 Å². The standard InChI is InChI=1S/C14H20N4O8/c1-5(20)10(15)13(24)16-11(22)6-3-18(14(25)17-12(6)23)9-2-7(21)8(4-19)26-9/h3,5,7-10,19-21H,2,4,15H2,1H3,(H,16,22,24)(H,17,23,25)/t5-,7+,8-,9-,10-/m1/s1. The van der Waals surface area contributed by atoms with Gasteiger partial charge in [0.1, 0.15) is 23.9 Å². The number of nitrogens with two attached hydrogens (primary N) is 1. The minimum atomic E-state index is -1.39. The summed E-state index contributed by atoms with van der Waals surface area (Å²) in [6.07, 6.45) is -3.36. The van der Waals surface area contributed by atoms with Crippen molar-refractivity contribution < 1.29 is 29.6 Å². The van der Waals surface area contributed by atoms with Gasteiger partial charge in [-0.3, -0.25) is 29.3 Å². The van der Waals surface area contributed by atoms with Crippen molar-refractivity contribution in [3.05, 3.63) is 32.6 Å². The first-order chi connectivity index (χ1) is 12.1. The Bertz CT molecular complexity index is 801. The maximum Gasteiger partial charge on any atom is 0.330 e. The lowest BCUT2D eigenvalue weighted by Gasteiger charge is -2.16. The van der Waals surface area contributed by atoms with Crippen molar-refractivity contribution in [2.24, 2.45) is 5.73 Å². The zero-order valence-electron chi connectivity index (χ0n) is 13.8. The van der Waals surface area contributed by atoms with E-state index in [4.69, 9.17) is 15.6 Å². The minimum absolute atomic E-state index is 0.0515. The second kappa shape index (κ2) is 7.88. The fourth-order valence-corrected chi connectivity index (χ4v) is 2.39. The molecule has 12 nitrogen and oxygen atoms in total. The molecular weight excluding hydrogens is 352 g/mol. The molecule has 0 bridgehead atoms. The predicted octanol–water partition coefficient (Wildman–Crippen LogP) is -3.86. The number of aromatic amines is 1. The monoisotopic (exact) mass is 372 g/mol. The van der Waals surface area contributed by atoms with Crippen LogP contribution in [0, 0.1) is 0 Å².